The molecule has 0 bridgehead atoms. The van der Waals surface area contributed by atoms with E-state index in [0.717, 1.165) is 10.9 Å². The molecule has 1 aromatic heterocycles. The molecule has 0 saturated heterocycles. The number of rotatable bonds is 5. The van der Waals surface area contributed by atoms with E-state index in [-0.39, 0.29) is 6.04 Å². The quantitative estimate of drug-likeness (QED) is 0.908. The molecule has 1 atom stereocenters. The predicted molar refractivity (Wildman–Crippen MR) is 79.0 cm³/mol. The molecule has 0 spiro atoms. The molecular weight excluding hydrogens is 264 g/mol. The number of hydrogen-bond donors (Lipinski definition) is 1. The van der Waals surface area contributed by atoms with Crippen LogP contribution >= 0.6 is 22.9 Å². The van der Waals surface area contributed by atoms with Gasteiger partial charge in [0.25, 0.3) is 0 Å². The van der Waals surface area contributed by atoms with Crippen molar-refractivity contribution in [3.8, 4) is 0 Å². The highest BCUT2D eigenvalue weighted by Crippen LogP contribution is 2.25. The summed E-state index contributed by atoms with van der Waals surface area (Å²) in [5.74, 6) is 0. The molecule has 1 aromatic carbocycles. The molecule has 1 heterocycles. The first kappa shape index (κ1) is 13.6. The number of halogens is 1. The minimum atomic E-state index is 0.243. The van der Waals surface area contributed by atoms with E-state index in [1.54, 1.807) is 11.3 Å². The molecule has 2 nitrogen and oxygen atoms in total. The zero-order valence-corrected chi connectivity index (χ0v) is 11.9. The average molecular weight is 281 g/mol. The lowest BCUT2D eigenvalue weighted by atomic mass is 10.1. The molecule has 2 aromatic rings. The molecule has 4 heteroatoms. The SMILES string of the molecule is CN(Cc1ccc(Cl)s1)C(CN)c1ccccc1. The Morgan fingerprint density at radius 1 is 1.22 bits per heavy atom. The van der Waals surface area contributed by atoms with Crippen LogP contribution in [0.4, 0.5) is 0 Å². The molecule has 2 N–H and O–H groups in total. The minimum Gasteiger partial charge on any atom is -0.329 e. The molecule has 0 aliphatic carbocycles. The summed E-state index contributed by atoms with van der Waals surface area (Å²) >= 11 is 7.57. The summed E-state index contributed by atoms with van der Waals surface area (Å²) in [5.41, 5.74) is 7.16. The maximum absolute atomic E-state index is 5.95. The number of thiophene rings is 1. The summed E-state index contributed by atoms with van der Waals surface area (Å²) in [6.07, 6.45) is 0. The Kier molecular flexibility index (Phi) is 4.78. The van der Waals surface area contributed by atoms with Gasteiger partial charge in [0.15, 0.2) is 0 Å². The minimum absolute atomic E-state index is 0.243. The molecule has 2 rings (SSSR count). The van der Waals surface area contributed by atoms with Crippen molar-refractivity contribution in [3.05, 3.63) is 57.2 Å². The highest BCUT2D eigenvalue weighted by molar-refractivity contribution is 7.16. The number of benzene rings is 1. The second-order valence-corrected chi connectivity index (χ2v) is 6.08. The van der Waals surface area contributed by atoms with Gasteiger partial charge in [-0.3, -0.25) is 4.90 Å². The van der Waals surface area contributed by atoms with Gasteiger partial charge in [0.05, 0.1) is 4.34 Å². The Morgan fingerprint density at radius 2 is 1.94 bits per heavy atom. The third-order valence-electron chi connectivity index (χ3n) is 2.97. The van der Waals surface area contributed by atoms with Crippen LogP contribution in [0, 0.1) is 0 Å². The standard InChI is InChI=1S/C14H17ClN2S/c1-17(10-12-7-8-14(15)18-12)13(9-16)11-5-3-2-4-6-11/h2-8,13H,9-10,16H2,1H3. The van der Waals surface area contributed by atoms with Crippen LogP contribution in [-0.2, 0) is 6.54 Å². The Bertz CT molecular complexity index is 484. The third-order valence-corrected chi connectivity index (χ3v) is 4.19. The van der Waals surface area contributed by atoms with Crippen LogP contribution in [-0.4, -0.2) is 18.5 Å². The molecule has 0 saturated carbocycles. The predicted octanol–water partition coefficient (Wildman–Crippen LogP) is 3.53. The third kappa shape index (κ3) is 3.33. The van der Waals surface area contributed by atoms with Crippen molar-refractivity contribution >= 4 is 22.9 Å². The normalized spacial score (nSPS) is 12.9. The first-order valence-corrected chi connectivity index (χ1v) is 7.09. The van der Waals surface area contributed by atoms with Gasteiger partial charge in [-0.15, -0.1) is 11.3 Å². The first-order valence-electron chi connectivity index (χ1n) is 5.90. The van der Waals surface area contributed by atoms with E-state index < -0.39 is 0 Å². The van der Waals surface area contributed by atoms with Gasteiger partial charge in [0, 0.05) is 24.0 Å². The van der Waals surface area contributed by atoms with Crippen LogP contribution < -0.4 is 5.73 Å². The fourth-order valence-electron chi connectivity index (χ4n) is 2.04. The zero-order valence-electron chi connectivity index (χ0n) is 10.3. The molecule has 96 valence electrons. The fraction of sp³-hybridized carbons (Fsp3) is 0.286. The summed E-state index contributed by atoms with van der Waals surface area (Å²) in [7, 11) is 2.10. The van der Waals surface area contributed by atoms with E-state index >= 15 is 0 Å². The molecule has 1 unspecified atom stereocenters. The van der Waals surface area contributed by atoms with Crippen molar-refractivity contribution < 1.29 is 0 Å². The maximum Gasteiger partial charge on any atom is 0.0931 e. The van der Waals surface area contributed by atoms with Crippen molar-refractivity contribution in [2.75, 3.05) is 13.6 Å². The van der Waals surface area contributed by atoms with Gasteiger partial charge in [0.2, 0.25) is 0 Å². The Morgan fingerprint density at radius 3 is 2.50 bits per heavy atom. The Hall–Kier alpha value is -0.870. The summed E-state index contributed by atoms with van der Waals surface area (Å²) < 4.78 is 0.836. The first-order chi connectivity index (χ1) is 8.70. The van der Waals surface area contributed by atoms with Crippen LogP contribution in [0.2, 0.25) is 4.34 Å². The summed E-state index contributed by atoms with van der Waals surface area (Å²) in [6, 6.07) is 14.6. The van der Waals surface area contributed by atoms with E-state index in [1.165, 1.54) is 10.4 Å². The zero-order chi connectivity index (χ0) is 13.0. The van der Waals surface area contributed by atoms with Gasteiger partial charge >= 0.3 is 0 Å². The topological polar surface area (TPSA) is 29.3 Å². The molecule has 0 aliphatic rings. The molecule has 18 heavy (non-hydrogen) atoms. The van der Waals surface area contributed by atoms with Crippen molar-refractivity contribution in [1.29, 1.82) is 0 Å². The number of nitrogens with zero attached hydrogens (tertiary/aromatic N) is 1. The second kappa shape index (κ2) is 6.34. The van der Waals surface area contributed by atoms with E-state index in [1.807, 2.05) is 24.3 Å². The van der Waals surface area contributed by atoms with Gasteiger partial charge in [-0.1, -0.05) is 41.9 Å². The Balaban J connectivity index is 2.08. The van der Waals surface area contributed by atoms with Crippen LogP contribution in [0.25, 0.3) is 0 Å². The number of likely N-dealkylation sites (N-methyl/N-ethyl adjacent to an activating group) is 1. The summed E-state index contributed by atoms with van der Waals surface area (Å²) in [4.78, 5) is 3.52. The van der Waals surface area contributed by atoms with Crippen LogP contribution in [0.5, 0.6) is 0 Å². The highest BCUT2D eigenvalue weighted by atomic mass is 35.5. The lowest BCUT2D eigenvalue weighted by molar-refractivity contribution is 0.244. The summed E-state index contributed by atoms with van der Waals surface area (Å²) in [5, 5.41) is 0. The summed E-state index contributed by atoms with van der Waals surface area (Å²) in [6.45, 7) is 1.48. The van der Waals surface area contributed by atoms with E-state index in [4.69, 9.17) is 17.3 Å². The molecule has 0 fully saturated rings. The van der Waals surface area contributed by atoms with Crippen LogP contribution in [0.1, 0.15) is 16.5 Å². The maximum atomic E-state index is 5.95. The van der Waals surface area contributed by atoms with Gasteiger partial charge in [-0.2, -0.15) is 0 Å². The number of nitrogens with two attached hydrogens (primary N) is 1. The largest absolute Gasteiger partial charge is 0.329 e. The lowest BCUT2D eigenvalue weighted by Gasteiger charge is -2.26. The van der Waals surface area contributed by atoms with Crippen molar-refractivity contribution in [1.82, 2.24) is 4.90 Å². The van der Waals surface area contributed by atoms with Gasteiger partial charge in [0.1, 0.15) is 0 Å². The van der Waals surface area contributed by atoms with Gasteiger partial charge < -0.3 is 5.73 Å². The second-order valence-electron chi connectivity index (χ2n) is 4.28. The molecule has 0 amide bonds. The smallest absolute Gasteiger partial charge is 0.0931 e. The fourth-order valence-corrected chi connectivity index (χ4v) is 3.19. The lowest BCUT2D eigenvalue weighted by Crippen LogP contribution is -2.29. The van der Waals surface area contributed by atoms with E-state index in [9.17, 15) is 0 Å². The highest BCUT2D eigenvalue weighted by Gasteiger charge is 2.15. The van der Waals surface area contributed by atoms with Crippen LogP contribution in [0.15, 0.2) is 42.5 Å². The molecule has 0 radical (unpaired) electrons. The van der Waals surface area contributed by atoms with Gasteiger partial charge in [-0.05, 0) is 24.7 Å². The Labute approximate surface area is 117 Å². The van der Waals surface area contributed by atoms with Crippen molar-refractivity contribution in [2.24, 2.45) is 5.73 Å². The average Bonchev–Trinajstić information content (AvgIpc) is 2.77. The molecular formula is C14H17ClN2S. The van der Waals surface area contributed by atoms with Crippen molar-refractivity contribution in [2.45, 2.75) is 12.6 Å². The van der Waals surface area contributed by atoms with Crippen LogP contribution in [0.3, 0.4) is 0 Å². The number of hydrogen-bond acceptors (Lipinski definition) is 3. The van der Waals surface area contributed by atoms with E-state index in [2.05, 4.69) is 30.1 Å². The van der Waals surface area contributed by atoms with E-state index in [0.29, 0.717) is 6.54 Å². The molecule has 0 aliphatic heterocycles. The van der Waals surface area contributed by atoms with Crippen molar-refractivity contribution in [3.63, 3.8) is 0 Å². The van der Waals surface area contributed by atoms with Gasteiger partial charge in [-0.25, -0.2) is 0 Å². The monoisotopic (exact) mass is 280 g/mol.